The molecule has 1 aromatic heterocycles. The number of hydrazone groups is 1. The monoisotopic (exact) mass is 384 g/mol. The van der Waals surface area contributed by atoms with Gasteiger partial charge in [-0.2, -0.15) is 5.10 Å². The van der Waals surface area contributed by atoms with Crippen LogP contribution in [0, 0.1) is 10.1 Å². The predicted molar refractivity (Wildman–Crippen MR) is 113 cm³/mol. The average molecular weight is 384 g/mol. The number of aliphatic imine (C=N–C) groups is 1. The Kier molecular flexibility index (Phi) is 5.06. The Morgan fingerprint density at radius 2 is 1.72 bits per heavy atom. The van der Waals surface area contributed by atoms with Crippen LogP contribution in [0.15, 0.2) is 89.0 Å². The highest BCUT2D eigenvalue weighted by Crippen LogP contribution is 2.15. The molecule has 0 spiro atoms. The van der Waals surface area contributed by atoms with Crippen molar-refractivity contribution < 1.29 is 4.92 Å². The molecular formula is C21H16N6O2. The smallest absolute Gasteiger partial charge is 0.269 e. The largest absolute Gasteiger partial charge is 0.335 e. The molecule has 142 valence electrons. The number of nitrogens with one attached hydrogen (secondary N) is 2. The number of rotatable bonds is 5. The topological polar surface area (TPSA) is 109 Å². The highest BCUT2D eigenvalue weighted by molar-refractivity contribution is 6.00. The second-order valence-corrected chi connectivity index (χ2v) is 6.12. The van der Waals surface area contributed by atoms with Gasteiger partial charge in [0.25, 0.3) is 5.69 Å². The van der Waals surface area contributed by atoms with E-state index in [1.165, 1.54) is 12.1 Å². The summed E-state index contributed by atoms with van der Waals surface area (Å²) in [7, 11) is 0. The van der Waals surface area contributed by atoms with Crippen molar-refractivity contribution in [3.63, 3.8) is 0 Å². The van der Waals surface area contributed by atoms with E-state index in [0.29, 0.717) is 17.2 Å². The highest BCUT2D eigenvalue weighted by atomic mass is 16.6. The second-order valence-electron chi connectivity index (χ2n) is 6.12. The van der Waals surface area contributed by atoms with Crippen molar-refractivity contribution in [3.05, 3.63) is 100 Å². The van der Waals surface area contributed by atoms with Crippen molar-refractivity contribution >= 4 is 34.5 Å². The Bertz CT molecular complexity index is 1160. The van der Waals surface area contributed by atoms with E-state index in [9.17, 15) is 10.1 Å². The number of para-hydroxylation sites is 3. The Balaban J connectivity index is 1.62. The quantitative estimate of drug-likeness (QED) is 0.233. The number of benzene rings is 3. The number of imidazole rings is 1. The van der Waals surface area contributed by atoms with Crippen LogP contribution < -0.4 is 5.43 Å². The lowest BCUT2D eigenvalue weighted by Gasteiger charge is -2.03. The van der Waals surface area contributed by atoms with Gasteiger partial charge in [-0.3, -0.25) is 15.5 Å². The van der Waals surface area contributed by atoms with Gasteiger partial charge in [0.15, 0.2) is 11.7 Å². The van der Waals surface area contributed by atoms with Crippen LogP contribution in [0.1, 0.15) is 11.4 Å². The number of hydrogen-bond donors (Lipinski definition) is 2. The molecule has 8 nitrogen and oxygen atoms in total. The van der Waals surface area contributed by atoms with Gasteiger partial charge in [0.05, 0.1) is 27.9 Å². The maximum Gasteiger partial charge on any atom is 0.269 e. The van der Waals surface area contributed by atoms with Gasteiger partial charge < -0.3 is 4.98 Å². The molecule has 3 aromatic carbocycles. The third-order valence-electron chi connectivity index (χ3n) is 4.10. The number of hydrogen-bond acceptors (Lipinski definition) is 5. The van der Waals surface area contributed by atoms with Gasteiger partial charge in [-0.25, -0.2) is 9.98 Å². The molecule has 8 heteroatoms. The van der Waals surface area contributed by atoms with E-state index in [-0.39, 0.29) is 5.69 Å². The molecule has 0 aliphatic rings. The molecule has 0 amide bonds. The van der Waals surface area contributed by atoms with Gasteiger partial charge in [0, 0.05) is 12.1 Å². The minimum absolute atomic E-state index is 0.0312. The zero-order valence-electron chi connectivity index (χ0n) is 15.2. The number of non-ortho nitro benzene ring substituents is 1. The van der Waals surface area contributed by atoms with E-state index in [4.69, 9.17) is 0 Å². The van der Waals surface area contributed by atoms with Gasteiger partial charge in [0.2, 0.25) is 0 Å². The maximum atomic E-state index is 10.8. The van der Waals surface area contributed by atoms with E-state index >= 15 is 0 Å². The van der Waals surface area contributed by atoms with Crippen molar-refractivity contribution in [1.29, 1.82) is 0 Å². The number of aromatic nitrogens is 2. The molecule has 2 N–H and O–H groups in total. The molecule has 29 heavy (non-hydrogen) atoms. The molecule has 0 unspecified atom stereocenters. The van der Waals surface area contributed by atoms with Crippen LogP contribution in [0.2, 0.25) is 0 Å². The number of nitro groups is 1. The molecule has 0 atom stereocenters. The van der Waals surface area contributed by atoms with E-state index in [2.05, 4.69) is 25.5 Å². The first-order chi connectivity index (χ1) is 14.2. The third kappa shape index (κ3) is 4.33. The molecule has 0 aliphatic carbocycles. The molecule has 0 bridgehead atoms. The molecule has 4 rings (SSSR count). The summed E-state index contributed by atoms with van der Waals surface area (Å²) < 4.78 is 0. The first-order valence-electron chi connectivity index (χ1n) is 8.81. The van der Waals surface area contributed by atoms with Crippen LogP contribution in [0.5, 0.6) is 0 Å². The maximum absolute atomic E-state index is 10.8. The van der Waals surface area contributed by atoms with Crippen molar-refractivity contribution in [2.45, 2.75) is 0 Å². The number of amidine groups is 1. The zero-order chi connectivity index (χ0) is 20.1. The van der Waals surface area contributed by atoms with Gasteiger partial charge in [0.1, 0.15) is 0 Å². The molecule has 0 aliphatic heterocycles. The van der Waals surface area contributed by atoms with Gasteiger partial charge >= 0.3 is 0 Å². The molecule has 0 radical (unpaired) electrons. The van der Waals surface area contributed by atoms with Crippen LogP contribution in [-0.4, -0.2) is 26.9 Å². The lowest BCUT2D eigenvalue weighted by atomic mass is 10.2. The summed E-state index contributed by atoms with van der Waals surface area (Å²) in [6.45, 7) is 0. The lowest BCUT2D eigenvalue weighted by molar-refractivity contribution is -0.384. The van der Waals surface area contributed by atoms with Crippen molar-refractivity contribution in [1.82, 2.24) is 15.4 Å². The summed E-state index contributed by atoms with van der Waals surface area (Å²) in [5.41, 5.74) is 6.14. The number of H-pyrrole nitrogens is 1. The summed E-state index contributed by atoms with van der Waals surface area (Å²) in [6, 6.07) is 23.3. The minimum atomic E-state index is -0.439. The number of fused-ring (bicyclic) bond motifs is 1. The Hall–Kier alpha value is -4.33. The Morgan fingerprint density at radius 3 is 2.45 bits per heavy atom. The summed E-state index contributed by atoms with van der Waals surface area (Å²) >= 11 is 0. The fraction of sp³-hybridized carbons (Fsp3) is 0. The molecule has 0 saturated carbocycles. The molecule has 1 heterocycles. The van der Waals surface area contributed by atoms with Crippen LogP contribution in [0.3, 0.4) is 0 Å². The normalized spacial score (nSPS) is 11.8. The van der Waals surface area contributed by atoms with Crippen LogP contribution in [0.4, 0.5) is 11.4 Å². The summed E-state index contributed by atoms with van der Waals surface area (Å²) in [6.07, 6.45) is 1.56. The fourth-order valence-electron chi connectivity index (χ4n) is 2.68. The van der Waals surface area contributed by atoms with Gasteiger partial charge in [-0.1, -0.05) is 30.3 Å². The lowest BCUT2D eigenvalue weighted by Crippen LogP contribution is -2.20. The molecule has 0 fully saturated rings. The van der Waals surface area contributed by atoms with E-state index in [1.54, 1.807) is 18.3 Å². The number of nitrogens with zero attached hydrogens (tertiary/aromatic N) is 4. The Morgan fingerprint density at radius 1 is 1.00 bits per heavy atom. The summed E-state index contributed by atoms with van der Waals surface area (Å²) in [5, 5.41) is 15.0. The SMILES string of the molecule is O=[N+]([O-])c1ccc(/C=N\NC(=Nc2ccccc2)c2nc3ccccc3[nH]2)cc1. The molecule has 0 saturated heterocycles. The van der Waals surface area contributed by atoms with Crippen molar-refractivity contribution in [2.24, 2.45) is 10.1 Å². The molecular weight excluding hydrogens is 368 g/mol. The van der Waals surface area contributed by atoms with Crippen molar-refractivity contribution in [2.75, 3.05) is 0 Å². The van der Waals surface area contributed by atoms with E-state index in [0.717, 1.165) is 16.7 Å². The summed E-state index contributed by atoms with van der Waals surface area (Å²) in [5.74, 6) is 1.00. The third-order valence-corrected chi connectivity index (χ3v) is 4.10. The second kappa shape index (κ2) is 8.13. The van der Waals surface area contributed by atoms with E-state index in [1.807, 2.05) is 54.6 Å². The van der Waals surface area contributed by atoms with Crippen LogP contribution in [-0.2, 0) is 0 Å². The predicted octanol–water partition coefficient (Wildman–Crippen LogP) is 4.17. The zero-order valence-corrected chi connectivity index (χ0v) is 15.2. The first kappa shape index (κ1) is 18.1. The fourth-order valence-corrected chi connectivity index (χ4v) is 2.68. The number of aromatic amines is 1. The van der Waals surface area contributed by atoms with Crippen LogP contribution in [0.25, 0.3) is 11.0 Å². The average Bonchev–Trinajstić information content (AvgIpc) is 3.18. The van der Waals surface area contributed by atoms with Gasteiger partial charge in [-0.15, -0.1) is 0 Å². The van der Waals surface area contributed by atoms with Crippen molar-refractivity contribution in [3.8, 4) is 0 Å². The molecule has 4 aromatic rings. The first-order valence-corrected chi connectivity index (χ1v) is 8.81. The summed E-state index contributed by atoms with van der Waals surface area (Å²) in [4.78, 5) is 22.7. The van der Waals surface area contributed by atoms with E-state index < -0.39 is 4.92 Å². The van der Waals surface area contributed by atoms with Gasteiger partial charge in [-0.05, 0) is 42.0 Å². The standard InChI is InChI=1S/C21H16N6O2/c28-27(29)17-12-10-15(11-13-17)14-22-26-21(23-16-6-2-1-3-7-16)20-24-18-8-4-5-9-19(18)25-20/h1-14H,(H,23,26)(H,24,25)/b22-14-. The number of nitro benzene ring substituents is 1. The minimum Gasteiger partial charge on any atom is -0.335 e. The highest BCUT2D eigenvalue weighted by Gasteiger charge is 2.09. The van der Waals surface area contributed by atoms with Crippen LogP contribution >= 0.6 is 0 Å². The Labute approximate surface area is 165 Å².